The van der Waals surface area contributed by atoms with Gasteiger partial charge < -0.3 is 19.7 Å². The molecule has 0 radical (unpaired) electrons. The van der Waals surface area contributed by atoms with Crippen LogP contribution in [0.5, 0.6) is 0 Å². The molecule has 0 saturated heterocycles. The van der Waals surface area contributed by atoms with Crippen LogP contribution in [0.3, 0.4) is 0 Å². The lowest BCUT2D eigenvalue weighted by Gasteiger charge is -2.19. The molecular weight excluding hydrogens is 404 g/mol. The SMILES string of the molecule is COC(=O)C(Cc1cn(CC=C(C)C)c2ccccc12)NC(=O)C(O)Cc1ccccc1. The normalized spacial score (nSPS) is 12.8. The van der Waals surface area contributed by atoms with Crippen LogP contribution in [0, 0.1) is 0 Å². The molecule has 1 aromatic heterocycles. The molecule has 0 aliphatic heterocycles. The lowest BCUT2D eigenvalue weighted by molar-refractivity contribution is -0.146. The highest BCUT2D eigenvalue weighted by Crippen LogP contribution is 2.23. The van der Waals surface area contributed by atoms with Gasteiger partial charge in [-0.15, -0.1) is 0 Å². The molecule has 0 spiro atoms. The topological polar surface area (TPSA) is 80.6 Å². The van der Waals surface area contributed by atoms with Crippen molar-refractivity contribution in [3.05, 3.63) is 83.6 Å². The van der Waals surface area contributed by atoms with E-state index in [1.165, 1.54) is 12.7 Å². The number of benzene rings is 2. The Morgan fingerprint density at radius 3 is 2.44 bits per heavy atom. The minimum atomic E-state index is -1.26. The van der Waals surface area contributed by atoms with Gasteiger partial charge in [-0.05, 0) is 31.0 Å². The second-order valence-electron chi connectivity index (χ2n) is 8.10. The van der Waals surface area contributed by atoms with E-state index in [9.17, 15) is 14.7 Å². The third kappa shape index (κ3) is 5.86. The van der Waals surface area contributed by atoms with Crippen LogP contribution >= 0.6 is 0 Å². The summed E-state index contributed by atoms with van der Waals surface area (Å²) in [5.74, 6) is -1.15. The highest BCUT2D eigenvalue weighted by atomic mass is 16.5. The number of carbonyl (C=O) groups excluding carboxylic acids is 2. The van der Waals surface area contributed by atoms with Crippen molar-refractivity contribution in [1.82, 2.24) is 9.88 Å². The molecule has 6 nitrogen and oxygen atoms in total. The van der Waals surface area contributed by atoms with E-state index < -0.39 is 24.0 Å². The van der Waals surface area contributed by atoms with E-state index in [4.69, 9.17) is 4.74 Å². The van der Waals surface area contributed by atoms with Gasteiger partial charge in [0.05, 0.1) is 7.11 Å². The molecule has 0 saturated carbocycles. The van der Waals surface area contributed by atoms with E-state index in [1.807, 2.05) is 60.8 Å². The summed E-state index contributed by atoms with van der Waals surface area (Å²) in [5.41, 5.74) is 4.04. The van der Waals surface area contributed by atoms with E-state index in [1.54, 1.807) is 0 Å². The molecule has 0 aliphatic carbocycles. The predicted molar refractivity (Wildman–Crippen MR) is 125 cm³/mol. The number of esters is 1. The number of fused-ring (bicyclic) bond motifs is 1. The van der Waals surface area contributed by atoms with Crippen molar-refractivity contribution in [3.63, 3.8) is 0 Å². The number of ether oxygens (including phenoxy) is 1. The Morgan fingerprint density at radius 2 is 1.75 bits per heavy atom. The molecule has 0 fully saturated rings. The Labute approximate surface area is 188 Å². The molecule has 1 heterocycles. The van der Waals surface area contributed by atoms with Crippen LogP contribution in [0.2, 0.25) is 0 Å². The predicted octanol–water partition coefficient (Wildman–Crippen LogP) is 3.41. The molecule has 168 valence electrons. The number of hydrogen-bond donors (Lipinski definition) is 2. The molecule has 2 atom stereocenters. The Hall–Kier alpha value is -3.38. The van der Waals surface area contributed by atoms with Crippen LogP contribution in [-0.2, 0) is 33.7 Å². The number of hydrogen-bond acceptors (Lipinski definition) is 4. The fourth-order valence-electron chi connectivity index (χ4n) is 3.67. The van der Waals surface area contributed by atoms with Crippen molar-refractivity contribution >= 4 is 22.8 Å². The van der Waals surface area contributed by atoms with Crippen molar-refractivity contribution in [1.29, 1.82) is 0 Å². The molecular formula is C26H30N2O4. The summed E-state index contributed by atoms with van der Waals surface area (Å²) < 4.78 is 7.05. The smallest absolute Gasteiger partial charge is 0.328 e. The lowest BCUT2D eigenvalue weighted by atomic mass is 10.0. The molecule has 2 N–H and O–H groups in total. The fraction of sp³-hybridized carbons (Fsp3) is 0.308. The molecule has 0 aliphatic rings. The number of nitrogens with zero attached hydrogens (tertiary/aromatic N) is 1. The molecule has 1 amide bonds. The fourth-order valence-corrected chi connectivity index (χ4v) is 3.67. The Kier molecular flexibility index (Phi) is 7.84. The van der Waals surface area contributed by atoms with Gasteiger partial charge in [-0.25, -0.2) is 4.79 Å². The average Bonchev–Trinajstić information content (AvgIpc) is 3.14. The van der Waals surface area contributed by atoms with Crippen LogP contribution in [0.1, 0.15) is 25.0 Å². The van der Waals surface area contributed by atoms with Gasteiger partial charge >= 0.3 is 5.97 Å². The van der Waals surface area contributed by atoms with Gasteiger partial charge in [0, 0.05) is 36.5 Å². The second-order valence-corrected chi connectivity index (χ2v) is 8.10. The summed E-state index contributed by atoms with van der Waals surface area (Å²) in [4.78, 5) is 25.1. The number of allylic oxidation sites excluding steroid dienone is 2. The van der Waals surface area contributed by atoms with Crippen LogP contribution < -0.4 is 5.32 Å². The van der Waals surface area contributed by atoms with E-state index in [0.717, 1.165) is 22.0 Å². The zero-order valence-electron chi connectivity index (χ0n) is 18.7. The minimum absolute atomic E-state index is 0.169. The molecule has 0 bridgehead atoms. The minimum Gasteiger partial charge on any atom is -0.467 e. The van der Waals surface area contributed by atoms with Gasteiger partial charge in [0.1, 0.15) is 12.1 Å². The molecule has 32 heavy (non-hydrogen) atoms. The summed E-state index contributed by atoms with van der Waals surface area (Å²) in [6, 6.07) is 16.3. The third-order valence-corrected chi connectivity index (χ3v) is 5.37. The van der Waals surface area contributed by atoms with Gasteiger partial charge in [-0.1, -0.05) is 60.2 Å². The van der Waals surface area contributed by atoms with Crippen molar-refractivity contribution in [3.8, 4) is 0 Å². The first-order chi connectivity index (χ1) is 15.4. The second kappa shape index (κ2) is 10.8. The number of rotatable bonds is 9. The summed E-state index contributed by atoms with van der Waals surface area (Å²) in [7, 11) is 1.29. The maximum absolute atomic E-state index is 12.6. The Bertz CT molecular complexity index is 1100. The largest absolute Gasteiger partial charge is 0.467 e. The highest BCUT2D eigenvalue weighted by Gasteiger charge is 2.26. The zero-order valence-corrected chi connectivity index (χ0v) is 18.7. The molecule has 2 aromatic carbocycles. The van der Waals surface area contributed by atoms with Gasteiger partial charge in [0.25, 0.3) is 0 Å². The number of aliphatic hydroxyl groups excluding tert-OH is 1. The monoisotopic (exact) mass is 434 g/mol. The Morgan fingerprint density at radius 1 is 1.06 bits per heavy atom. The van der Waals surface area contributed by atoms with E-state index in [0.29, 0.717) is 6.54 Å². The first kappa shape index (κ1) is 23.3. The maximum Gasteiger partial charge on any atom is 0.328 e. The standard InChI is InChI=1S/C26H30N2O4/c1-18(2)13-14-28-17-20(21-11-7-8-12-23(21)28)16-22(26(31)32-3)27-25(30)24(29)15-19-9-5-4-6-10-19/h4-13,17,22,24,29H,14-16H2,1-3H3,(H,27,30). The molecule has 6 heteroatoms. The van der Waals surface area contributed by atoms with Gasteiger partial charge in [-0.2, -0.15) is 0 Å². The quantitative estimate of drug-likeness (QED) is 0.400. The number of methoxy groups -OCH3 is 1. The summed E-state index contributed by atoms with van der Waals surface area (Å²) in [5, 5.41) is 14.1. The highest BCUT2D eigenvalue weighted by molar-refractivity contribution is 5.89. The van der Waals surface area contributed by atoms with Gasteiger partial charge in [0.15, 0.2) is 0 Å². The van der Waals surface area contributed by atoms with Crippen molar-refractivity contribution in [2.45, 2.75) is 45.4 Å². The average molecular weight is 435 g/mol. The van der Waals surface area contributed by atoms with Crippen molar-refractivity contribution in [2.24, 2.45) is 0 Å². The first-order valence-corrected chi connectivity index (χ1v) is 10.7. The lowest BCUT2D eigenvalue weighted by Crippen LogP contribution is -2.47. The number of para-hydroxylation sites is 1. The van der Waals surface area contributed by atoms with Crippen LogP contribution in [-0.4, -0.2) is 40.8 Å². The molecule has 3 rings (SSSR count). The summed E-state index contributed by atoms with van der Waals surface area (Å²) >= 11 is 0. The number of aliphatic hydroxyl groups is 1. The van der Waals surface area contributed by atoms with Gasteiger partial charge in [-0.3, -0.25) is 4.79 Å². The Balaban J connectivity index is 1.80. The molecule has 3 aromatic rings. The first-order valence-electron chi connectivity index (χ1n) is 10.7. The van der Waals surface area contributed by atoms with Crippen molar-refractivity contribution < 1.29 is 19.4 Å². The molecule has 2 unspecified atom stereocenters. The number of nitrogens with one attached hydrogen (secondary N) is 1. The van der Waals surface area contributed by atoms with E-state index in [-0.39, 0.29) is 12.8 Å². The van der Waals surface area contributed by atoms with E-state index >= 15 is 0 Å². The third-order valence-electron chi connectivity index (χ3n) is 5.37. The number of carbonyl (C=O) groups is 2. The van der Waals surface area contributed by atoms with Crippen LogP contribution in [0.15, 0.2) is 72.4 Å². The summed E-state index contributed by atoms with van der Waals surface area (Å²) in [6.45, 7) is 4.82. The van der Waals surface area contributed by atoms with Crippen LogP contribution in [0.25, 0.3) is 10.9 Å². The number of amides is 1. The van der Waals surface area contributed by atoms with Crippen molar-refractivity contribution in [2.75, 3.05) is 7.11 Å². The zero-order chi connectivity index (χ0) is 23.1. The van der Waals surface area contributed by atoms with E-state index in [2.05, 4.69) is 29.8 Å². The maximum atomic E-state index is 12.6. The van der Waals surface area contributed by atoms with Gasteiger partial charge in [0.2, 0.25) is 5.91 Å². The number of aromatic nitrogens is 1. The summed E-state index contributed by atoms with van der Waals surface area (Å²) in [6.07, 6.45) is 3.31. The van der Waals surface area contributed by atoms with Crippen LogP contribution in [0.4, 0.5) is 0 Å².